The molecule has 3 aromatic rings. The lowest BCUT2D eigenvalue weighted by atomic mass is 10.2. The van der Waals surface area contributed by atoms with Crippen molar-refractivity contribution in [3.8, 4) is 5.75 Å². The fourth-order valence-corrected chi connectivity index (χ4v) is 2.18. The molecule has 0 saturated carbocycles. The third-order valence-corrected chi connectivity index (χ3v) is 3.25. The van der Waals surface area contributed by atoms with Crippen LogP contribution in [0.2, 0.25) is 0 Å². The second kappa shape index (κ2) is 5.28. The lowest BCUT2D eigenvalue weighted by Gasteiger charge is -2.11. The van der Waals surface area contributed by atoms with E-state index in [0.717, 1.165) is 17.1 Å². The number of aromatic nitrogens is 4. The number of nitrogens with zero attached hydrogens (tertiary/aromatic N) is 4. The number of nitrogens with two attached hydrogens (primary N) is 1. The van der Waals surface area contributed by atoms with Crippen molar-refractivity contribution in [1.29, 1.82) is 0 Å². The minimum Gasteiger partial charge on any atom is -0.496 e. The number of rotatable bonds is 4. The van der Waals surface area contributed by atoms with E-state index in [2.05, 4.69) is 20.5 Å². The summed E-state index contributed by atoms with van der Waals surface area (Å²) in [5.41, 5.74) is 8.16. The highest BCUT2D eigenvalue weighted by atomic mass is 16.5. The molecule has 0 aliphatic rings. The predicted molar refractivity (Wildman–Crippen MR) is 80.3 cm³/mol. The molecule has 2 aromatic heterocycles. The van der Waals surface area contributed by atoms with E-state index in [1.165, 1.54) is 0 Å². The lowest BCUT2D eigenvalue weighted by Crippen LogP contribution is -2.06. The summed E-state index contributed by atoms with van der Waals surface area (Å²) in [6.07, 6.45) is 3.54. The minimum atomic E-state index is 0.535. The van der Waals surface area contributed by atoms with Crippen LogP contribution in [-0.4, -0.2) is 26.7 Å². The van der Waals surface area contributed by atoms with E-state index in [9.17, 15) is 0 Å². The predicted octanol–water partition coefficient (Wildman–Crippen LogP) is 1.64. The second-order valence-electron chi connectivity index (χ2n) is 4.64. The van der Waals surface area contributed by atoms with Gasteiger partial charge in [-0.05, 0) is 25.1 Å². The Morgan fingerprint density at radius 1 is 1.33 bits per heavy atom. The van der Waals surface area contributed by atoms with Crippen molar-refractivity contribution in [3.05, 3.63) is 42.0 Å². The Morgan fingerprint density at radius 3 is 3.00 bits per heavy atom. The van der Waals surface area contributed by atoms with Gasteiger partial charge in [-0.3, -0.25) is 4.40 Å². The zero-order valence-corrected chi connectivity index (χ0v) is 11.9. The number of ether oxygens (including phenoxy) is 1. The standard InChI is InChI=1S/C14H16N6O/c1-9-18-19-14-13(16-5-6-20(9)14)17-8-10-7-11(15)3-4-12(10)21-2/h3-7H,8,15H2,1-2H3,(H,16,17). The maximum Gasteiger partial charge on any atom is 0.203 e. The molecule has 2 heterocycles. The number of hydrogen-bond acceptors (Lipinski definition) is 6. The van der Waals surface area contributed by atoms with Crippen LogP contribution in [0.1, 0.15) is 11.4 Å². The van der Waals surface area contributed by atoms with Gasteiger partial charge in [-0.25, -0.2) is 4.98 Å². The molecule has 0 atom stereocenters. The Bertz CT molecular complexity index is 782. The fourth-order valence-electron chi connectivity index (χ4n) is 2.18. The van der Waals surface area contributed by atoms with Crippen LogP contribution in [0.4, 0.5) is 11.5 Å². The monoisotopic (exact) mass is 284 g/mol. The summed E-state index contributed by atoms with van der Waals surface area (Å²) in [7, 11) is 1.63. The van der Waals surface area contributed by atoms with Gasteiger partial charge in [-0.15, -0.1) is 10.2 Å². The molecule has 0 aliphatic carbocycles. The number of anilines is 2. The lowest BCUT2D eigenvalue weighted by molar-refractivity contribution is 0.410. The minimum absolute atomic E-state index is 0.535. The van der Waals surface area contributed by atoms with Crippen LogP contribution >= 0.6 is 0 Å². The van der Waals surface area contributed by atoms with Crippen molar-refractivity contribution < 1.29 is 4.74 Å². The van der Waals surface area contributed by atoms with Gasteiger partial charge >= 0.3 is 0 Å². The van der Waals surface area contributed by atoms with Gasteiger partial charge in [-0.1, -0.05) is 0 Å². The Kier molecular flexibility index (Phi) is 3.31. The molecule has 7 nitrogen and oxygen atoms in total. The first kappa shape index (κ1) is 13.2. The second-order valence-corrected chi connectivity index (χ2v) is 4.64. The van der Waals surface area contributed by atoms with E-state index in [1.54, 1.807) is 13.3 Å². The van der Waals surface area contributed by atoms with Crippen LogP contribution in [0.3, 0.4) is 0 Å². The number of fused-ring (bicyclic) bond motifs is 1. The van der Waals surface area contributed by atoms with Gasteiger partial charge in [0, 0.05) is 30.2 Å². The van der Waals surface area contributed by atoms with Crippen molar-refractivity contribution in [2.24, 2.45) is 0 Å². The normalized spacial score (nSPS) is 10.8. The molecule has 3 N–H and O–H groups in total. The maximum atomic E-state index is 5.82. The molecule has 3 rings (SSSR count). The number of methoxy groups -OCH3 is 1. The summed E-state index contributed by atoms with van der Waals surface area (Å²) in [5, 5.41) is 11.4. The molecule has 21 heavy (non-hydrogen) atoms. The topological polar surface area (TPSA) is 90.4 Å². The highest BCUT2D eigenvalue weighted by Crippen LogP contribution is 2.22. The number of hydrogen-bond donors (Lipinski definition) is 2. The van der Waals surface area contributed by atoms with Crippen molar-refractivity contribution in [2.75, 3.05) is 18.2 Å². The molecule has 0 amide bonds. The van der Waals surface area contributed by atoms with Gasteiger partial charge in [0.15, 0.2) is 5.82 Å². The Morgan fingerprint density at radius 2 is 2.19 bits per heavy atom. The highest BCUT2D eigenvalue weighted by molar-refractivity contribution is 5.62. The highest BCUT2D eigenvalue weighted by Gasteiger charge is 2.09. The molecule has 0 spiro atoms. The van der Waals surface area contributed by atoms with Gasteiger partial charge in [0.2, 0.25) is 5.65 Å². The molecule has 0 saturated heterocycles. The van der Waals surface area contributed by atoms with Crippen molar-refractivity contribution in [2.45, 2.75) is 13.5 Å². The van der Waals surface area contributed by atoms with Crippen LogP contribution < -0.4 is 15.8 Å². The summed E-state index contributed by atoms with van der Waals surface area (Å²) in [6.45, 7) is 2.43. The van der Waals surface area contributed by atoms with Gasteiger partial charge < -0.3 is 15.8 Å². The molecule has 0 unspecified atom stereocenters. The first-order valence-electron chi connectivity index (χ1n) is 6.51. The molecule has 7 heteroatoms. The first-order chi connectivity index (χ1) is 10.2. The van der Waals surface area contributed by atoms with Crippen LogP contribution in [0.15, 0.2) is 30.6 Å². The number of nitrogens with one attached hydrogen (secondary N) is 1. The molecule has 1 aromatic carbocycles. The SMILES string of the molecule is COc1ccc(N)cc1CNc1nccn2c(C)nnc12. The van der Waals surface area contributed by atoms with Gasteiger partial charge in [-0.2, -0.15) is 0 Å². The zero-order valence-electron chi connectivity index (χ0n) is 11.9. The molecule has 0 aliphatic heterocycles. The van der Waals surface area contributed by atoms with Gasteiger partial charge in [0.1, 0.15) is 11.6 Å². The van der Waals surface area contributed by atoms with Crippen molar-refractivity contribution in [3.63, 3.8) is 0 Å². The summed E-state index contributed by atoms with van der Waals surface area (Å²) < 4.78 is 7.21. The van der Waals surface area contributed by atoms with Crippen molar-refractivity contribution in [1.82, 2.24) is 19.6 Å². The van der Waals surface area contributed by atoms with Crippen LogP contribution in [-0.2, 0) is 6.54 Å². The van der Waals surface area contributed by atoms with Crippen LogP contribution in [0.25, 0.3) is 5.65 Å². The van der Waals surface area contributed by atoms with Gasteiger partial charge in [0.25, 0.3) is 0 Å². The molecular weight excluding hydrogens is 268 g/mol. The van der Waals surface area contributed by atoms with E-state index in [-0.39, 0.29) is 0 Å². The van der Waals surface area contributed by atoms with Crippen molar-refractivity contribution >= 4 is 17.2 Å². The average molecular weight is 284 g/mol. The Hall–Kier alpha value is -2.83. The van der Waals surface area contributed by atoms with E-state index in [4.69, 9.17) is 10.5 Å². The molecule has 108 valence electrons. The maximum absolute atomic E-state index is 5.82. The van der Waals surface area contributed by atoms with E-state index < -0.39 is 0 Å². The number of nitrogen functional groups attached to an aromatic ring is 1. The number of aryl methyl sites for hydroxylation is 1. The zero-order chi connectivity index (χ0) is 14.8. The van der Waals surface area contributed by atoms with E-state index in [0.29, 0.717) is 23.7 Å². The summed E-state index contributed by atoms with van der Waals surface area (Å²) in [5.74, 6) is 2.26. The molecule has 0 radical (unpaired) electrons. The number of benzene rings is 1. The molecule has 0 bridgehead atoms. The summed E-state index contributed by atoms with van der Waals surface area (Å²) in [6, 6.07) is 5.53. The quantitative estimate of drug-likeness (QED) is 0.708. The van der Waals surface area contributed by atoms with Gasteiger partial charge in [0.05, 0.1) is 7.11 Å². The third kappa shape index (κ3) is 2.45. The molecular formula is C14H16N6O. The third-order valence-electron chi connectivity index (χ3n) is 3.25. The Balaban J connectivity index is 1.88. The molecule has 0 fully saturated rings. The smallest absolute Gasteiger partial charge is 0.203 e. The van der Waals surface area contributed by atoms with E-state index in [1.807, 2.05) is 35.7 Å². The Labute approximate surface area is 121 Å². The average Bonchev–Trinajstić information content (AvgIpc) is 2.87. The van der Waals surface area contributed by atoms with Crippen LogP contribution in [0.5, 0.6) is 5.75 Å². The largest absolute Gasteiger partial charge is 0.496 e. The fraction of sp³-hybridized carbons (Fsp3) is 0.214. The first-order valence-corrected chi connectivity index (χ1v) is 6.51. The summed E-state index contributed by atoms with van der Waals surface area (Å²) >= 11 is 0. The van der Waals surface area contributed by atoms with E-state index >= 15 is 0 Å². The summed E-state index contributed by atoms with van der Waals surface area (Å²) in [4.78, 5) is 4.31. The van der Waals surface area contributed by atoms with Crippen LogP contribution in [0, 0.1) is 6.92 Å².